The van der Waals surface area contributed by atoms with Gasteiger partial charge in [0.1, 0.15) is 12.1 Å². The highest BCUT2D eigenvalue weighted by Gasteiger charge is 2.20. The van der Waals surface area contributed by atoms with E-state index >= 15 is 0 Å². The van der Waals surface area contributed by atoms with Gasteiger partial charge in [-0.3, -0.25) is 0 Å². The molecule has 1 heterocycles. The Hall–Kier alpha value is -6.48. The molecule has 0 saturated heterocycles. The highest BCUT2D eigenvalue weighted by molar-refractivity contribution is 6.09. The number of benzene rings is 5. The first kappa shape index (κ1) is 33.4. The number of hydrogen-bond donors (Lipinski definition) is 0. The van der Waals surface area contributed by atoms with Gasteiger partial charge in [-0.1, -0.05) is 95.2 Å². The third kappa shape index (κ3) is 7.32. The topological polar surface area (TPSA) is 52.5 Å². The first-order chi connectivity index (χ1) is 23.9. The van der Waals surface area contributed by atoms with Gasteiger partial charge < -0.3 is 4.57 Å². The number of fused-ring (bicyclic) bond motifs is 3. The molecule has 0 radical (unpaired) electrons. The van der Waals surface area contributed by atoms with Crippen molar-refractivity contribution >= 4 is 27.9 Å². The molecule has 0 amide bonds. The maximum atomic E-state index is 8.84. The van der Waals surface area contributed by atoms with Crippen molar-refractivity contribution in [3.8, 4) is 41.5 Å². The van der Waals surface area contributed by atoms with Crippen molar-refractivity contribution in [2.24, 2.45) is 0 Å². The minimum Gasteiger partial charge on any atom is -0.309 e. The summed E-state index contributed by atoms with van der Waals surface area (Å²) in [5.41, 5.74) is 13.4. The summed E-state index contributed by atoms with van der Waals surface area (Å²) in [7, 11) is 0. The van der Waals surface area contributed by atoms with Gasteiger partial charge in [0.2, 0.25) is 0 Å². The van der Waals surface area contributed by atoms with Crippen molar-refractivity contribution in [1.82, 2.24) is 4.57 Å². The zero-order valence-corrected chi connectivity index (χ0v) is 29.3. The van der Waals surface area contributed by atoms with E-state index in [1.165, 1.54) is 32.9 Å². The zero-order valence-electron chi connectivity index (χ0n) is 29.3. The standard InChI is InChI=1S/C47H37N3/c1-46(2,3)39-23-27-44-42(29-39)43-30-40(47(4,5)6)24-28-45(43)50(44)41-25-21-37(22-26-41)18-17-35-11-9-33(10-12-35)7-8-34-13-15-36(16-14-34)19-20-38(31-48)32-49/h9-16,19,21-30H,1-6H3. The molecule has 0 fully saturated rings. The maximum Gasteiger partial charge on any atom is 0.171 e. The van der Waals surface area contributed by atoms with Gasteiger partial charge >= 0.3 is 0 Å². The number of nitriles is 2. The number of aromatic nitrogens is 1. The number of rotatable bonds is 2. The van der Waals surface area contributed by atoms with Crippen LogP contribution in [0.5, 0.6) is 0 Å². The van der Waals surface area contributed by atoms with Crippen molar-refractivity contribution in [1.29, 1.82) is 10.5 Å². The van der Waals surface area contributed by atoms with E-state index in [2.05, 4.69) is 136 Å². The molecule has 50 heavy (non-hydrogen) atoms. The van der Waals surface area contributed by atoms with E-state index in [9.17, 15) is 0 Å². The Bertz CT molecular complexity index is 2430. The second kappa shape index (κ2) is 13.6. The molecule has 0 aliphatic carbocycles. The van der Waals surface area contributed by atoms with E-state index < -0.39 is 0 Å². The van der Waals surface area contributed by atoms with Crippen LogP contribution in [0, 0.1) is 46.3 Å². The quantitative estimate of drug-likeness (QED) is 0.107. The summed E-state index contributed by atoms with van der Waals surface area (Å²) in [4.78, 5) is 0. The fourth-order valence-corrected chi connectivity index (χ4v) is 5.76. The predicted molar refractivity (Wildman–Crippen MR) is 206 cm³/mol. The molecule has 1 aromatic heterocycles. The number of nitrogens with zero attached hydrogens (tertiary/aromatic N) is 3. The van der Waals surface area contributed by atoms with Crippen molar-refractivity contribution < 1.29 is 0 Å². The number of hydrogen-bond acceptors (Lipinski definition) is 2. The van der Waals surface area contributed by atoms with Crippen LogP contribution < -0.4 is 0 Å². The molecular formula is C47H37N3. The second-order valence-corrected chi connectivity index (χ2v) is 14.4. The van der Waals surface area contributed by atoms with Crippen LogP contribution in [0.2, 0.25) is 0 Å². The Kier molecular flexibility index (Phi) is 9.06. The van der Waals surface area contributed by atoms with Crippen LogP contribution in [-0.4, -0.2) is 4.57 Å². The molecule has 5 aromatic carbocycles. The van der Waals surface area contributed by atoms with Gasteiger partial charge in [0.05, 0.1) is 11.0 Å². The lowest BCUT2D eigenvalue weighted by molar-refractivity contribution is 0.590. The van der Waals surface area contributed by atoms with Crippen LogP contribution in [0.15, 0.2) is 120 Å². The van der Waals surface area contributed by atoms with Crippen LogP contribution in [0.25, 0.3) is 33.6 Å². The maximum absolute atomic E-state index is 8.84. The lowest BCUT2D eigenvalue weighted by Gasteiger charge is -2.19. The molecule has 0 bridgehead atoms. The first-order valence-electron chi connectivity index (χ1n) is 16.6. The molecule has 3 nitrogen and oxygen atoms in total. The zero-order chi connectivity index (χ0) is 35.5. The molecule has 3 heteroatoms. The normalized spacial score (nSPS) is 11.0. The Morgan fingerprint density at radius 3 is 1.28 bits per heavy atom. The summed E-state index contributed by atoms with van der Waals surface area (Å²) in [6.45, 7) is 13.6. The van der Waals surface area contributed by atoms with Crippen LogP contribution >= 0.6 is 0 Å². The number of allylic oxidation sites excluding steroid dienone is 1. The summed E-state index contributed by atoms with van der Waals surface area (Å²) in [6, 6.07) is 41.4. The molecular weight excluding hydrogens is 607 g/mol. The Balaban J connectivity index is 1.22. The first-order valence-corrected chi connectivity index (χ1v) is 16.6. The van der Waals surface area contributed by atoms with Gasteiger partial charge in [-0.15, -0.1) is 0 Å². The minimum atomic E-state index is -0.0556. The largest absolute Gasteiger partial charge is 0.309 e. The summed E-state index contributed by atoms with van der Waals surface area (Å²) < 4.78 is 2.37. The lowest BCUT2D eigenvalue weighted by atomic mass is 9.85. The van der Waals surface area contributed by atoms with Gasteiger partial charge in [-0.2, -0.15) is 10.5 Å². The third-order valence-electron chi connectivity index (χ3n) is 8.73. The summed E-state index contributed by atoms with van der Waals surface area (Å²) in [6.07, 6.45) is 1.61. The van der Waals surface area contributed by atoms with Gasteiger partial charge in [0.25, 0.3) is 0 Å². The summed E-state index contributed by atoms with van der Waals surface area (Å²) >= 11 is 0. The molecule has 6 rings (SSSR count). The molecule has 240 valence electrons. The SMILES string of the molecule is CC(C)(C)c1ccc2c(c1)c1cc(C(C)(C)C)ccc1n2-c1ccc(C#Cc2ccc(C#Cc3ccc(C=C=C(C#N)C#N)cc3)cc2)cc1. The Morgan fingerprint density at radius 2 is 0.900 bits per heavy atom. The fourth-order valence-electron chi connectivity index (χ4n) is 5.76. The third-order valence-corrected chi connectivity index (χ3v) is 8.73. The average molecular weight is 644 g/mol. The smallest absolute Gasteiger partial charge is 0.171 e. The fraction of sp³-hybridized carbons (Fsp3) is 0.170. The van der Waals surface area contributed by atoms with E-state index in [-0.39, 0.29) is 16.4 Å². The monoisotopic (exact) mass is 643 g/mol. The van der Waals surface area contributed by atoms with Crippen molar-refractivity contribution in [2.45, 2.75) is 52.4 Å². The molecule has 0 aliphatic rings. The van der Waals surface area contributed by atoms with Gasteiger partial charge in [-0.05, 0) is 119 Å². The lowest BCUT2D eigenvalue weighted by Crippen LogP contribution is -2.10. The van der Waals surface area contributed by atoms with Crippen LogP contribution in [0.4, 0.5) is 0 Å². The van der Waals surface area contributed by atoms with Crippen molar-refractivity contribution in [2.75, 3.05) is 0 Å². The van der Waals surface area contributed by atoms with Crippen LogP contribution in [-0.2, 0) is 10.8 Å². The highest BCUT2D eigenvalue weighted by atomic mass is 15.0. The highest BCUT2D eigenvalue weighted by Crippen LogP contribution is 2.37. The summed E-state index contributed by atoms with van der Waals surface area (Å²) in [5, 5.41) is 20.2. The van der Waals surface area contributed by atoms with Crippen LogP contribution in [0.1, 0.15) is 80.5 Å². The molecule has 0 saturated carbocycles. The van der Waals surface area contributed by atoms with Crippen LogP contribution in [0.3, 0.4) is 0 Å². The molecule has 0 N–H and O–H groups in total. The van der Waals surface area contributed by atoms with Crippen molar-refractivity contribution in [3.05, 3.63) is 159 Å². The predicted octanol–water partition coefficient (Wildman–Crippen LogP) is 10.8. The summed E-state index contributed by atoms with van der Waals surface area (Å²) in [5.74, 6) is 13.0. The second-order valence-electron chi connectivity index (χ2n) is 14.4. The average Bonchev–Trinajstić information content (AvgIpc) is 3.44. The van der Waals surface area contributed by atoms with Gasteiger partial charge in [0.15, 0.2) is 5.57 Å². The molecule has 0 aliphatic heterocycles. The molecule has 0 spiro atoms. The van der Waals surface area contributed by atoms with E-state index in [0.717, 1.165) is 33.5 Å². The van der Waals surface area contributed by atoms with E-state index in [0.29, 0.717) is 0 Å². The van der Waals surface area contributed by atoms with E-state index in [1.807, 2.05) is 48.5 Å². The minimum absolute atomic E-state index is 0.0556. The molecule has 6 aromatic rings. The van der Waals surface area contributed by atoms with E-state index in [1.54, 1.807) is 18.2 Å². The van der Waals surface area contributed by atoms with Gasteiger partial charge in [0, 0.05) is 38.7 Å². The van der Waals surface area contributed by atoms with Crippen molar-refractivity contribution in [3.63, 3.8) is 0 Å². The Morgan fingerprint density at radius 1 is 0.520 bits per heavy atom. The van der Waals surface area contributed by atoms with Gasteiger partial charge in [-0.25, -0.2) is 0 Å². The Labute approximate surface area is 295 Å². The molecule has 0 atom stereocenters. The van der Waals surface area contributed by atoms with E-state index in [4.69, 9.17) is 10.5 Å². The molecule has 0 unspecified atom stereocenters.